The fourth-order valence-corrected chi connectivity index (χ4v) is 4.27. The van der Waals surface area contributed by atoms with E-state index in [-0.39, 0.29) is 18.2 Å². The Kier molecular flexibility index (Phi) is 7.50. The molecule has 2 amide bonds. The highest BCUT2D eigenvalue weighted by molar-refractivity contribution is 8.15. The first-order valence-electron chi connectivity index (χ1n) is 9.68. The quantitative estimate of drug-likeness (QED) is 0.694. The maximum atomic E-state index is 12.3. The molecule has 3 rings (SSSR count). The number of benzene rings is 1. The lowest BCUT2D eigenvalue weighted by Crippen LogP contribution is -2.28. The van der Waals surface area contributed by atoms with Gasteiger partial charge in [0.15, 0.2) is 5.17 Å². The third-order valence-corrected chi connectivity index (χ3v) is 6.30. The van der Waals surface area contributed by atoms with Gasteiger partial charge < -0.3 is 10.6 Å². The second kappa shape index (κ2) is 10.1. The zero-order chi connectivity index (χ0) is 19.9. The van der Waals surface area contributed by atoms with Crippen LogP contribution >= 0.6 is 23.4 Å². The number of hydrogen-bond donors (Lipinski definition) is 2. The fourth-order valence-electron chi connectivity index (χ4n) is 3.17. The molecule has 1 saturated heterocycles. The largest absolute Gasteiger partial charge is 0.326 e. The van der Waals surface area contributed by atoms with Crippen molar-refractivity contribution in [1.29, 1.82) is 0 Å². The average molecular weight is 421 g/mol. The molecule has 0 radical (unpaired) electrons. The van der Waals surface area contributed by atoms with Gasteiger partial charge in [0.05, 0.1) is 0 Å². The minimum absolute atomic E-state index is 0.0671. The molecule has 1 aromatic rings. The van der Waals surface area contributed by atoms with Crippen LogP contribution in [-0.2, 0) is 9.59 Å². The van der Waals surface area contributed by atoms with Crippen LogP contribution in [0, 0.1) is 6.92 Å². The van der Waals surface area contributed by atoms with Gasteiger partial charge in [0, 0.05) is 22.8 Å². The number of thioether (sulfide) groups is 1. The van der Waals surface area contributed by atoms with E-state index in [0.717, 1.165) is 37.0 Å². The van der Waals surface area contributed by atoms with Crippen molar-refractivity contribution in [3.8, 4) is 0 Å². The molecule has 8 heteroatoms. The normalized spacial score (nSPS) is 21.8. The van der Waals surface area contributed by atoms with Crippen LogP contribution < -0.4 is 10.6 Å². The van der Waals surface area contributed by atoms with Crippen molar-refractivity contribution >= 4 is 51.7 Å². The number of rotatable bonds is 4. The van der Waals surface area contributed by atoms with Gasteiger partial charge in [-0.2, -0.15) is 5.10 Å². The number of anilines is 1. The second-order valence-corrected chi connectivity index (χ2v) is 8.75. The number of halogens is 1. The molecule has 2 N–H and O–H groups in total. The summed E-state index contributed by atoms with van der Waals surface area (Å²) >= 11 is 7.34. The summed E-state index contributed by atoms with van der Waals surface area (Å²) in [5.74, 6) is -0.446. The van der Waals surface area contributed by atoms with Gasteiger partial charge >= 0.3 is 0 Å². The number of carbonyl (C=O) groups excluding carboxylic acids is 2. The van der Waals surface area contributed by atoms with Gasteiger partial charge in [-0.3, -0.25) is 9.59 Å². The van der Waals surface area contributed by atoms with Crippen LogP contribution in [0.3, 0.4) is 0 Å². The minimum Gasteiger partial charge on any atom is -0.326 e. The summed E-state index contributed by atoms with van der Waals surface area (Å²) in [6.45, 7) is 1.90. The molecule has 1 aliphatic heterocycles. The van der Waals surface area contributed by atoms with Crippen LogP contribution in [0.4, 0.5) is 5.69 Å². The topological polar surface area (TPSA) is 82.9 Å². The van der Waals surface area contributed by atoms with Crippen molar-refractivity contribution in [2.45, 2.75) is 63.5 Å². The lowest BCUT2D eigenvalue weighted by molar-refractivity contribution is -0.122. The third-order valence-electron chi connectivity index (χ3n) is 4.82. The van der Waals surface area contributed by atoms with E-state index in [0.29, 0.717) is 15.9 Å². The Hall–Kier alpha value is -1.86. The zero-order valence-electron chi connectivity index (χ0n) is 16.0. The summed E-state index contributed by atoms with van der Waals surface area (Å²) in [5.41, 5.74) is 2.66. The number of nitrogens with zero attached hydrogens (tertiary/aromatic N) is 2. The minimum atomic E-state index is -0.503. The molecular formula is C20H25ClN4O2S. The van der Waals surface area contributed by atoms with Gasteiger partial charge in [-0.25, -0.2) is 0 Å². The predicted molar refractivity (Wildman–Crippen MR) is 116 cm³/mol. The maximum Gasteiger partial charge on any atom is 0.240 e. The monoisotopic (exact) mass is 420 g/mol. The number of carbonyl (C=O) groups is 2. The van der Waals surface area contributed by atoms with Crippen molar-refractivity contribution in [3.05, 3.63) is 28.8 Å². The molecule has 2 aliphatic rings. The number of nitrogens with one attached hydrogen (secondary N) is 2. The Balaban J connectivity index is 1.54. The fraction of sp³-hybridized carbons (Fsp3) is 0.500. The van der Waals surface area contributed by atoms with E-state index in [1.165, 1.54) is 31.0 Å². The van der Waals surface area contributed by atoms with Crippen molar-refractivity contribution < 1.29 is 9.59 Å². The molecule has 28 heavy (non-hydrogen) atoms. The van der Waals surface area contributed by atoms with Crippen molar-refractivity contribution in [1.82, 2.24) is 5.32 Å². The van der Waals surface area contributed by atoms with Gasteiger partial charge in [0.1, 0.15) is 5.25 Å². The molecule has 0 bridgehead atoms. The SMILES string of the molecule is Cc1ccc(NC(=O)CC2S/C(=N\N=C3CCCCCCC3)NC2=O)cc1Cl. The van der Waals surface area contributed by atoms with E-state index < -0.39 is 5.25 Å². The van der Waals surface area contributed by atoms with Crippen LogP contribution in [0.2, 0.25) is 5.02 Å². The molecule has 1 aromatic carbocycles. The molecule has 1 atom stereocenters. The molecule has 1 unspecified atom stereocenters. The second-order valence-electron chi connectivity index (χ2n) is 7.15. The van der Waals surface area contributed by atoms with E-state index in [2.05, 4.69) is 20.8 Å². The molecule has 0 aromatic heterocycles. The highest BCUT2D eigenvalue weighted by Gasteiger charge is 2.32. The van der Waals surface area contributed by atoms with Crippen LogP contribution in [0.5, 0.6) is 0 Å². The number of amidine groups is 1. The molecular weight excluding hydrogens is 396 g/mol. The van der Waals surface area contributed by atoms with Gasteiger partial charge in [0.2, 0.25) is 11.8 Å². The predicted octanol–water partition coefficient (Wildman–Crippen LogP) is 4.66. The Labute approximate surface area is 174 Å². The van der Waals surface area contributed by atoms with E-state index in [9.17, 15) is 9.59 Å². The van der Waals surface area contributed by atoms with Gasteiger partial charge in [-0.05, 0) is 50.3 Å². The van der Waals surface area contributed by atoms with Crippen LogP contribution in [0.15, 0.2) is 28.4 Å². The van der Waals surface area contributed by atoms with Gasteiger partial charge in [-0.15, -0.1) is 5.10 Å². The van der Waals surface area contributed by atoms with E-state index in [1.54, 1.807) is 12.1 Å². The molecule has 1 saturated carbocycles. The van der Waals surface area contributed by atoms with E-state index in [1.807, 2.05) is 13.0 Å². The summed E-state index contributed by atoms with van der Waals surface area (Å²) in [6.07, 6.45) is 8.09. The van der Waals surface area contributed by atoms with Crippen molar-refractivity contribution in [3.63, 3.8) is 0 Å². The maximum absolute atomic E-state index is 12.3. The van der Waals surface area contributed by atoms with E-state index in [4.69, 9.17) is 11.6 Å². The first kappa shape index (κ1) is 20.9. The first-order chi connectivity index (χ1) is 13.5. The Bertz CT molecular complexity index is 799. The van der Waals surface area contributed by atoms with Gasteiger partial charge in [0.25, 0.3) is 0 Å². The summed E-state index contributed by atoms with van der Waals surface area (Å²) in [6, 6.07) is 5.34. The summed E-state index contributed by atoms with van der Waals surface area (Å²) in [5, 5.41) is 14.6. The third kappa shape index (κ3) is 6.07. The summed E-state index contributed by atoms with van der Waals surface area (Å²) in [7, 11) is 0. The molecule has 6 nitrogen and oxygen atoms in total. The molecule has 2 fully saturated rings. The number of aryl methyl sites for hydroxylation is 1. The standard InChI is InChI=1S/C20H25ClN4O2S/c1-13-9-10-15(11-16(13)21)22-18(26)12-17-19(27)23-20(28-17)25-24-14-7-5-3-2-4-6-8-14/h9-11,17H,2-8,12H2,1H3,(H,22,26)(H,23,25,27). The highest BCUT2D eigenvalue weighted by Crippen LogP contribution is 2.25. The molecule has 1 heterocycles. The Morgan fingerprint density at radius 2 is 1.93 bits per heavy atom. The summed E-state index contributed by atoms with van der Waals surface area (Å²) in [4.78, 5) is 24.4. The lowest BCUT2D eigenvalue weighted by Gasteiger charge is -2.09. The number of amides is 2. The first-order valence-corrected chi connectivity index (χ1v) is 10.9. The average Bonchev–Trinajstić information content (AvgIpc) is 2.97. The van der Waals surface area contributed by atoms with E-state index >= 15 is 0 Å². The summed E-state index contributed by atoms with van der Waals surface area (Å²) < 4.78 is 0. The van der Waals surface area contributed by atoms with Crippen LogP contribution in [-0.4, -0.2) is 27.9 Å². The van der Waals surface area contributed by atoms with Crippen molar-refractivity contribution in [2.24, 2.45) is 10.2 Å². The molecule has 1 aliphatic carbocycles. The van der Waals surface area contributed by atoms with Gasteiger partial charge in [-0.1, -0.05) is 48.7 Å². The number of hydrogen-bond acceptors (Lipinski definition) is 5. The van der Waals surface area contributed by atoms with Crippen molar-refractivity contribution in [2.75, 3.05) is 5.32 Å². The smallest absolute Gasteiger partial charge is 0.240 e. The van der Waals surface area contributed by atoms with Crippen LogP contribution in [0.1, 0.15) is 56.9 Å². The lowest BCUT2D eigenvalue weighted by atomic mass is 9.99. The zero-order valence-corrected chi connectivity index (χ0v) is 17.5. The highest BCUT2D eigenvalue weighted by atomic mass is 35.5. The Morgan fingerprint density at radius 3 is 2.64 bits per heavy atom. The van der Waals surface area contributed by atoms with Crippen LogP contribution in [0.25, 0.3) is 0 Å². The molecule has 0 spiro atoms. The Morgan fingerprint density at radius 1 is 1.21 bits per heavy atom. The molecule has 150 valence electrons.